The molecule has 0 bridgehead atoms. The molecule has 112 valence electrons. The van der Waals surface area contributed by atoms with Gasteiger partial charge >= 0.3 is 0 Å². The third kappa shape index (κ3) is 3.03. The van der Waals surface area contributed by atoms with Crippen molar-refractivity contribution in [3.05, 3.63) is 35.9 Å². The molecule has 1 saturated heterocycles. The molecule has 1 unspecified atom stereocenters. The van der Waals surface area contributed by atoms with E-state index in [2.05, 4.69) is 42.2 Å². The summed E-state index contributed by atoms with van der Waals surface area (Å²) in [6.07, 6.45) is 5.17. The van der Waals surface area contributed by atoms with E-state index in [4.69, 9.17) is 10.7 Å². The molecule has 0 saturated carbocycles. The lowest BCUT2D eigenvalue weighted by Crippen LogP contribution is -2.27. The van der Waals surface area contributed by atoms with Gasteiger partial charge < -0.3 is 10.6 Å². The summed E-state index contributed by atoms with van der Waals surface area (Å²) in [6, 6.07) is 10.5. The summed E-state index contributed by atoms with van der Waals surface area (Å²) in [4.78, 5) is 7.36. The van der Waals surface area contributed by atoms with E-state index in [0.29, 0.717) is 6.54 Å². The van der Waals surface area contributed by atoms with Gasteiger partial charge in [-0.2, -0.15) is 0 Å². The minimum atomic E-state index is 0.556. The third-order valence-corrected chi connectivity index (χ3v) is 4.72. The summed E-state index contributed by atoms with van der Waals surface area (Å²) < 4.78 is 0. The minimum Gasteiger partial charge on any atom is -0.356 e. The van der Waals surface area contributed by atoms with Gasteiger partial charge in [0.2, 0.25) is 0 Å². The van der Waals surface area contributed by atoms with Crippen LogP contribution in [0.2, 0.25) is 0 Å². The molecule has 3 rings (SSSR count). The molecule has 2 aromatic rings. The number of nitrogens with two attached hydrogens (primary N) is 1. The lowest BCUT2D eigenvalue weighted by atomic mass is 9.98. The summed E-state index contributed by atoms with van der Waals surface area (Å²) >= 11 is 0. The maximum atomic E-state index is 5.97. The zero-order chi connectivity index (χ0) is 14.7. The number of fused-ring (bicyclic) bond motifs is 1. The van der Waals surface area contributed by atoms with Crippen LogP contribution in [0.4, 0.5) is 5.82 Å². The smallest absolute Gasteiger partial charge is 0.133 e. The van der Waals surface area contributed by atoms with Crippen LogP contribution >= 0.6 is 0 Å². The lowest BCUT2D eigenvalue weighted by molar-refractivity contribution is 0.459. The number of hydrogen-bond acceptors (Lipinski definition) is 3. The van der Waals surface area contributed by atoms with Crippen molar-refractivity contribution in [3.63, 3.8) is 0 Å². The molecule has 1 fully saturated rings. The van der Waals surface area contributed by atoms with Gasteiger partial charge in [-0.25, -0.2) is 4.98 Å². The third-order valence-electron chi connectivity index (χ3n) is 4.72. The SMILES string of the molecule is CCC1CCCN(c2nc3ccccc3cc2CN)CC1. The van der Waals surface area contributed by atoms with Gasteiger partial charge in [-0.3, -0.25) is 0 Å². The van der Waals surface area contributed by atoms with Crippen molar-refractivity contribution in [2.75, 3.05) is 18.0 Å². The lowest BCUT2D eigenvalue weighted by Gasteiger charge is -2.24. The van der Waals surface area contributed by atoms with Crippen LogP contribution in [-0.4, -0.2) is 18.1 Å². The van der Waals surface area contributed by atoms with E-state index in [1.165, 1.54) is 36.6 Å². The summed E-state index contributed by atoms with van der Waals surface area (Å²) in [5.74, 6) is 1.98. The van der Waals surface area contributed by atoms with Gasteiger partial charge in [0.05, 0.1) is 5.52 Å². The molecule has 0 aliphatic carbocycles. The number of anilines is 1. The summed E-state index contributed by atoms with van der Waals surface area (Å²) in [6.45, 7) is 5.08. The predicted molar refractivity (Wildman–Crippen MR) is 89.5 cm³/mol. The molecule has 1 aromatic carbocycles. The number of aromatic nitrogens is 1. The maximum Gasteiger partial charge on any atom is 0.133 e. The Morgan fingerprint density at radius 3 is 2.90 bits per heavy atom. The molecule has 1 aliphatic heterocycles. The number of nitrogens with zero attached hydrogens (tertiary/aromatic N) is 2. The first-order valence-corrected chi connectivity index (χ1v) is 8.15. The van der Waals surface area contributed by atoms with E-state index in [-0.39, 0.29) is 0 Å². The maximum absolute atomic E-state index is 5.97. The average Bonchev–Trinajstić information content (AvgIpc) is 2.79. The van der Waals surface area contributed by atoms with Crippen LogP contribution in [0.5, 0.6) is 0 Å². The first-order chi connectivity index (χ1) is 10.3. The standard InChI is InChI=1S/C18H25N3/c1-2-14-6-5-10-21(11-9-14)18-16(13-19)12-15-7-3-4-8-17(15)20-18/h3-4,7-8,12,14H,2,5-6,9-11,13,19H2,1H3. The van der Waals surface area contributed by atoms with Crippen LogP contribution in [0.15, 0.2) is 30.3 Å². The highest BCUT2D eigenvalue weighted by molar-refractivity contribution is 5.81. The van der Waals surface area contributed by atoms with E-state index in [9.17, 15) is 0 Å². The van der Waals surface area contributed by atoms with Crippen molar-refractivity contribution < 1.29 is 0 Å². The molecule has 0 radical (unpaired) electrons. The molecular formula is C18H25N3. The van der Waals surface area contributed by atoms with Crippen molar-refractivity contribution in [2.24, 2.45) is 11.7 Å². The summed E-state index contributed by atoms with van der Waals surface area (Å²) in [7, 11) is 0. The number of benzene rings is 1. The van der Waals surface area contributed by atoms with Crippen LogP contribution in [-0.2, 0) is 6.54 Å². The Hall–Kier alpha value is -1.61. The summed E-state index contributed by atoms with van der Waals surface area (Å²) in [5, 5.41) is 1.18. The zero-order valence-corrected chi connectivity index (χ0v) is 12.9. The fraction of sp³-hybridized carbons (Fsp3) is 0.500. The Morgan fingerprint density at radius 2 is 2.10 bits per heavy atom. The Bertz CT molecular complexity index is 608. The zero-order valence-electron chi connectivity index (χ0n) is 12.9. The predicted octanol–water partition coefficient (Wildman–Crippen LogP) is 3.71. The van der Waals surface area contributed by atoms with Gasteiger partial charge in [0.1, 0.15) is 5.82 Å². The number of hydrogen-bond donors (Lipinski definition) is 1. The van der Waals surface area contributed by atoms with E-state index in [0.717, 1.165) is 30.3 Å². The molecule has 3 heteroatoms. The molecule has 3 nitrogen and oxygen atoms in total. The number of pyridine rings is 1. The van der Waals surface area contributed by atoms with E-state index >= 15 is 0 Å². The first kappa shape index (κ1) is 14.3. The first-order valence-electron chi connectivity index (χ1n) is 8.15. The highest BCUT2D eigenvalue weighted by Gasteiger charge is 2.19. The van der Waals surface area contributed by atoms with Gasteiger partial charge in [-0.05, 0) is 37.3 Å². The van der Waals surface area contributed by atoms with Gasteiger partial charge in [-0.1, -0.05) is 31.5 Å². The van der Waals surface area contributed by atoms with Gasteiger partial charge in [0, 0.05) is 30.6 Å². The second-order valence-electron chi connectivity index (χ2n) is 6.06. The molecule has 1 atom stereocenters. The van der Waals surface area contributed by atoms with Crippen molar-refractivity contribution in [1.82, 2.24) is 4.98 Å². The quantitative estimate of drug-likeness (QED) is 0.933. The number of para-hydroxylation sites is 1. The fourth-order valence-electron chi connectivity index (χ4n) is 3.36. The molecule has 2 heterocycles. The van der Waals surface area contributed by atoms with Crippen LogP contribution in [0, 0.1) is 5.92 Å². The highest BCUT2D eigenvalue weighted by atomic mass is 15.2. The summed E-state index contributed by atoms with van der Waals surface area (Å²) in [5.41, 5.74) is 8.21. The molecule has 21 heavy (non-hydrogen) atoms. The topological polar surface area (TPSA) is 42.2 Å². The highest BCUT2D eigenvalue weighted by Crippen LogP contribution is 2.27. The molecule has 0 amide bonds. The van der Waals surface area contributed by atoms with Gasteiger partial charge in [-0.15, -0.1) is 0 Å². The Labute approximate surface area is 127 Å². The van der Waals surface area contributed by atoms with E-state index < -0.39 is 0 Å². The van der Waals surface area contributed by atoms with Crippen LogP contribution in [0.25, 0.3) is 10.9 Å². The molecule has 2 N–H and O–H groups in total. The van der Waals surface area contributed by atoms with Crippen LogP contribution in [0.3, 0.4) is 0 Å². The van der Waals surface area contributed by atoms with Crippen molar-refractivity contribution in [3.8, 4) is 0 Å². The molecule has 1 aliphatic rings. The Morgan fingerprint density at radius 1 is 1.24 bits per heavy atom. The molecule has 0 spiro atoms. The monoisotopic (exact) mass is 283 g/mol. The van der Waals surface area contributed by atoms with E-state index in [1.807, 2.05) is 0 Å². The van der Waals surface area contributed by atoms with Crippen molar-refractivity contribution in [1.29, 1.82) is 0 Å². The van der Waals surface area contributed by atoms with Gasteiger partial charge in [0.25, 0.3) is 0 Å². The van der Waals surface area contributed by atoms with Crippen molar-refractivity contribution >= 4 is 16.7 Å². The average molecular weight is 283 g/mol. The van der Waals surface area contributed by atoms with Gasteiger partial charge in [0.15, 0.2) is 0 Å². The van der Waals surface area contributed by atoms with Crippen LogP contribution in [0.1, 0.15) is 38.2 Å². The van der Waals surface area contributed by atoms with Crippen molar-refractivity contribution in [2.45, 2.75) is 39.2 Å². The minimum absolute atomic E-state index is 0.556. The second kappa shape index (κ2) is 6.44. The normalized spacial score (nSPS) is 19.7. The number of rotatable bonds is 3. The fourth-order valence-corrected chi connectivity index (χ4v) is 3.36. The Balaban J connectivity index is 1.94. The van der Waals surface area contributed by atoms with E-state index in [1.54, 1.807) is 0 Å². The molecule has 1 aromatic heterocycles. The molecular weight excluding hydrogens is 258 g/mol. The Kier molecular flexibility index (Phi) is 4.39. The largest absolute Gasteiger partial charge is 0.356 e. The second-order valence-corrected chi connectivity index (χ2v) is 6.06. The van der Waals surface area contributed by atoms with Crippen LogP contribution < -0.4 is 10.6 Å².